The number of aromatic nitrogens is 2. The van der Waals surface area contributed by atoms with Gasteiger partial charge in [0.2, 0.25) is 0 Å². The third-order valence-electron chi connectivity index (χ3n) is 3.81. The second-order valence-corrected chi connectivity index (χ2v) is 6.14. The van der Waals surface area contributed by atoms with Crippen LogP contribution >= 0.6 is 11.8 Å². The Morgan fingerprint density at radius 1 is 1.56 bits per heavy atom. The van der Waals surface area contributed by atoms with Gasteiger partial charge in [-0.25, -0.2) is 4.98 Å². The highest BCUT2D eigenvalue weighted by Crippen LogP contribution is 2.30. The van der Waals surface area contributed by atoms with Crippen LogP contribution in [0.4, 0.5) is 0 Å². The summed E-state index contributed by atoms with van der Waals surface area (Å²) < 4.78 is 8.10. The zero-order chi connectivity index (χ0) is 12.4. The number of rotatable bonds is 4. The molecule has 2 fully saturated rings. The van der Waals surface area contributed by atoms with E-state index in [1.807, 2.05) is 24.2 Å². The molecule has 1 aromatic rings. The first kappa shape index (κ1) is 12.5. The highest BCUT2D eigenvalue weighted by molar-refractivity contribution is 7.99. The van der Waals surface area contributed by atoms with Crippen molar-refractivity contribution in [1.82, 2.24) is 14.9 Å². The molecule has 0 saturated carbocycles. The molecule has 4 nitrogen and oxygen atoms in total. The molecule has 3 rings (SSSR count). The van der Waals surface area contributed by atoms with E-state index in [1.165, 1.54) is 17.9 Å². The van der Waals surface area contributed by atoms with Crippen LogP contribution in [0.3, 0.4) is 0 Å². The minimum absolute atomic E-state index is 0.130. The van der Waals surface area contributed by atoms with Crippen molar-refractivity contribution in [3.63, 3.8) is 0 Å². The van der Waals surface area contributed by atoms with E-state index in [9.17, 15) is 0 Å². The second-order valence-electron chi connectivity index (χ2n) is 4.99. The van der Waals surface area contributed by atoms with E-state index in [1.54, 1.807) is 0 Å². The van der Waals surface area contributed by atoms with Crippen LogP contribution in [0.2, 0.25) is 0 Å². The normalized spacial score (nSPS) is 32.2. The summed E-state index contributed by atoms with van der Waals surface area (Å²) in [4.78, 5) is 4.49. The molecule has 0 spiro atoms. The minimum atomic E-state index is 0.130. The maximum atomic E-state index is 5.91. The second kappa shape index (κ2) is 5.63. The van der Waals surface area contributed by atoms with Crippen LogP contribution in [0.25, 0.3) is 0 Å². The number of hydrogen-bond acceptors (Lipinski definition) is 4. The Morgan fingerprint density at radius 2 is 2.50 bits per heavy atom. The Hall–Kier alpha value is -0.520. The average molecular weight is 267 g/mol. The number of ether oxygens (including phenoxy) is 1. The Bertz CT molecular complexity index is 389. The van der Waals surface area contributed by atoms with Crippen LogP contribution in [0.1, 0.15) is 31.7 Å². The summed E-state index contributed by atoms with van der Waals surface area (Å²) >= 11 is 2.05. The summed E-state index contributed by atoms with van der Waals surface area (Å²) in [5, 5.41) is 3.77. The molecule has 5 heteroatoms. The third kappa shape index (κ3) is 2.44. The fraction of sp³-hybridized carbons (Fsp3) is 0.769. The standard InChI is InChI=1S/C13H21N3OS/c1-2-16-6-5-14-13(16)12-11(3-7-17-12)15-10-4-8-18-9-10/h5-6,10-12,15H,2-4,7-9H2,1H3/t10?,11-,12-/m0/s1. The number of imidazole rings is 1. The summed E-state index contributed by atoms with van der Waals surface area (Å²) in [6, 6.07) is 1.09. The van der Waals surface area contributed by atoms with Gasteiger partial charge in [-0.05, 0) is 25.5 Å². The Balaban J connectivity index is 1.70. The van der Waals surface area contributed by atoms with Crippen molar-refractivity contribution < 1.29 is 4.74 Å². The summed E-state index contributed by atoms with van der Waals surface area (Å²) in [6.07, 6.45) is 6.44. The van der Waals surface area contributed by atoms with Crippen molar-refractivity contribution in [1.29, 1.82) is 0 Å². The van der Waals surface area contributed by atoms with Crippen molar-refractivity contribution in [3.05, 3.63) is 18.2 Å². The van der Waals surface area contributed by atoms with E-state index in [4.69, 9.17) is 4.74 Å². The number of nitrogens with one attached hydrogen (secondary N) is 1. The molecule has 0 radical (unpaired) electrons. The molecule has 0 bridgehead atoms. The third-order valence-corrected chi connectivity index (χ3v) is 4.98. The Morgan fingerprint density at radius 3 is 3.28 bits per heavy atom. The number of nitrogens with zero attached hydrogens (tertiary/aromatic N) is 2. The summed E-state index contributed by atoms with van der Waals surface area (Å²) in [7, 11) is 0. The van der Waals surface area contributed by atoms with E-state index in [2.05, 4.69) is 21.8 Å². The van der Waals surface area contributed by atoms with Crippen molar-refractivity contribution in [2.45, 2.75) is 44.5 Å². The van der Waals surface area contributed by atoms with Crippen LogP contribution in [0.5, 0.6) is 0 Å². The fourth-order valence-electron chi connectivity index (χ4n) is 2.83. The van der Waals surface area contributed by atoms with Gasteiger partial charge in [-0.1, -0.05) is 0 Å². The number of aryl methyl sites for hydroxylation is 1. The molecule has 1 N–H and O–H groups in total. The molecule has 2 aliphatic heterocycles. The van der Waals surface area contributed by atoms with Crippen LogP contribution in [-0.4, -0.2) is 39.7 Å². The predicted molar refractivity (Wildman–Crippen MR) is 73.9 cm³/mol. The molecule has 0 aliphatic carbocycles. The van der Waals surface area contributed by atoms with Crippen LogP contribution in [0.15, 0.2) is 12.4 Å². The first-order valence-corrected chi connectivity index (χ1v) is 8.00. The molecule has 0 aromatic carbocycles. The van der Waals surface area contributed by atoms with Gasteiger partial charge in [0.05, 0.1) is 0 Å². The van der Waals surface area contributed by atoms with E-state index >= 15 is 0 Å². The smallest absolute Gasteiger partial charge is 0.139 e. The molecular weight excluding hydrogens is 246 g/mol. The number of thioether (sulfide) groups is 1. The Labute approximate surface area is 112 Å². The van der Waals surface area contributed by atoms with Gasteiger partial charge in [0.1, 0.15) is 11.9 Å². The van der Waals surface area contributed by atoms with Gasteiger partial charge in [-0.2, -0.15) is 11.8 Å². The molecule has 2 saturated heterocycles. The molecule has 3 heterocycles. The monoisotopic (exact) mass is 267 g/mol. The lowest BCUT2D eigenvalue weighted by atomic mass is 10.1. The maximum Gasteiger partial charge on any atom is 0.139 e. The van der Waals surface area contributed by atoms with E-state index in [0.29, 0.717) is 12.1 Å². The SMILES string of the molecule is CCn1ccnc1[C@H]1OCC[C@@H]1NC1CCSC1. The lowest BCUT2D eigenvalue weighted by molar-refractivity contribution is 0.0871. The minimum Gasteiger partial charge on any atom is -0.369 e. The lowest BCUT2D eigenvalue weighted by Crippen LogP contribution is -2.40. The zero-order valence-electron chi connectivity index (χ0n) is 10.8. The van der Waals surface area contributed by atoms with Crippen molar-refractivity contribution >= 4 is 11.8 Å². The van der Waals surface area contributed by atoms with E-state index < -0.39 is 0 Å². The highest BCUT2D eigenvalue weighted by Gasteiger charge is 2.34. The van der Waals surface area contributed by atoms with Gasteiger partial charge in [0, 0.05) is 43.4 Å². The predicted octanol–water partition coefficient (Wildman–Crippen LogP) is 1.83. The van der Waals surface area contributed by atoms with Gasteiger partial charge in [0.15, 0.2) is 0 Å². The van der Waals surface area contributed by atoms with Crippen molar-refractivity contribution in [2.75, 3.05) is 18.1 Å². The van der Waals surface area contributed by atoms with E-state index in [-0.39, 0.29) is 6.10 Å². The van der Waals surface area contributed by atoms with Gasteiger partial charge in [-0.15, -0.1) is 0 Å². The first-order valence-electron chi connectivity index (χ1n) is 6.85. The zero-order valence-corrected chi connectivity index (χ0v) is 11.7. The fourth-order valence-corrected chi connectivity index (χ4v) is 3.99. The average Bonchev–Trinajstić information content (AvgIpc) is 3.09. The summed E-state index contributed by atoms with van der Waals surface area (Å²) in [5.41, 5.74) is 0. The van der Waals surface area contributed by atoms with Crippen LogP contribution in [-0.2, 0) is 11.3 Å². The summed E-state index contributed by atoms with van der Waals surface area (Å²) in [5.74, 6) is 3.61. The maximum absolute atomic E-state index is 5.91. The molecule has 100 valence electrons. The summed E-state index contributed by atoms with van der Waals surface area (Å²) in [6.45, 7) is 3.95. The largest absolute Gasteiger partial charge is 0.369 e. The topological polar surface area (TPSA) is 39.1 Å². The highest BCUT2D eigenvalue weighted by atomic mass is 32.2. The molecule has 1 unspecified atom stereocenters. The molecule has 2 aliphatic rings. The van der Waals surface area contributed by atoms with Gasteiger partial charge >= 0.3 is 0 Å². The van der Waals surface area contributed by atoms with Crippen molar-refractivity contribution in [3.8, 4) is 0 Å². The van der Waals surface area contributed by atoms with E-state index in [0.717, 1.165) is 25.4 Å². The lowest BCUT2D eigenvalue weighted by Gasteiger charge is -2.23. The van der Waals surface area contributed by atoms with Crippen LogP contribution < -0.4 is 5.32 Å². The van der Waals surface area contributed by atoms with Crippen molar-refractivity contribution in [2.24, 2.45) is 0 Å². The Kier molecular flexibility index (Phi) is 3.91. The van der Waals surface area contributed by atoms with Gasteiger partial charge in [0.25, 0.3) is 0 Å². The van der Waals surface area contributed by atoms with Crippen LogP contribution in [0, 0.1) is 0 Å². The van der Waals surface area contributed by atoms with Gasteiger partial charge < -0.3 is 14.6 Å². The number of hydrogen-bond donors (Lipinski definition) is 1. The molecule has 0 amide bonds. The van der Waals surface area contributed by atoms with Gasteiger partial charge in [-0.3, -0.25) is 0 Å². The first-order chi connectivity index (χ1) is 8.88. The molecular formula is C13H21N3OS. The molecule has 1 aromatic heterocycles. The molecule has 18 heavy (non-hydrogen) atoms. The molecule has 3 atom stereocenters. The quantitative estimate of drug-likeness (QED) is 0.903.